The normalized spacial score (nSPS) is 10.2. The average molecular weight is 195 g/mol. The lowest BCUT2D eigenvalue weighted by atomic mass is 10.3. The van der Waals surface area contributed by atoms with Crippen LogP contribution in [0.4, 0.5) is 10.2 Å². The van der Waals surface area contributed by atoms with Crippen molar-refractivity contribution in [2.75, 3.05) is 5.73 Å². The maximum atomic E-state index is 13.1. The maximum absolute atomic E-state index is 13.1. The molecule has 2 aromatic heterocycles. The summed E-state index contributed by atoms with van der Waals surface area (Å²) >= 11 is 1.31. The van der Waals surface area contributed by atoms with Crippen molar-refractivity contribution in [2.24, 2.45) is 0 Å². The number of nitrogen functional groups attached to an aromatic ring is 1. The zero-order valence-corrected chi connectivity index (χ0v) is 7.38. The smallest absolute Gasteiger partial charge is 0.151 e. The predicted octanol–water partition coefficient (Wildman–Crippen LogP) is 1.93. The van der Waals surface area contributed by atoms with Crippen LogP contribution in [0.3, 0.4) is 0 Å². The summed E-state index contributed by atoms with van der Waals surface area (Å²) in [5.41, 5.74) is 5.87. The molecule has 0 aromatic carbocycles. The van der Waals surface area contributed by atoms with E-state index in [2.05, 4.69) is 9.97 Å². The number of rotatable bonds is 1. The standard InChI is InChI=1S/C8H6FN3S/c9-6-3-11-2-1-5(6)8-12-7(10)4-13-8/h1-4H,10H2. The zero-order valence-electron chi connectivity index (χ0n) is 6.57. The van der Waals surface area contributed by atoms with Crippen LogP contribution in [-0.2, 0) is 0 Å². The van der Waals surface area contributed by atoms with Gasteiger partial charge in [-0.25, -0.2) is 9.37 Å². The number of aromatic nitrogens is 2. The van der Waals surface area contributed by atoms with Gasteiger partial charge in [0.2, 0.25) is 0 Å². The molecule has 2 N–H and O–H groups in total. The summed E-state index contributed by atoms with van der Waals surface area (Å²) < 4.78 is 13.1. The first-order chi connectivity index (χ1) is 6.27. The molecule has 0 atom stereocenters. The third-order valence-electron chi connectivity index (χ3n) is 1.52. The van der Waals surface area contributed by atoms with E-state index in [0.29, 0.717) is 16.4 Å². The van der Waals surface area contributed by atoms with E-state index in [0.717, 1.165) is 6.20 Å². The quantitative estimate of drug-likeness (QED) is 0.756. The second-order valence-corrected chi connectivity index (χ2v) is 3.29. The van der Waals surface area contributed by atoms with Crippen LogP contribution in [-0.4, -0.2) is 9.97 Å². The molecule has 13 heavy (non-hydrogen) atoms. The number of pyridine rings is 1. The highest BCUT2D eigenvalue weighted by atomic mass is 32.1. The van der Waals surface area contributed by atoms with Gasteiger partial charge in [0.1, 0.15) is 10.8 Å². The van der Waals surface area contributed by atoms with Gasteiger partial charge in [0.15, 0.2) is 5.82 Å². The Morgan fingerprint density at radius 2 is 2.31 bits per heavy atom. The number of hydrogen-bond donors (Lipinski definition) is 1. The molecule has 5 heteroatoms. The monoisotopic (exact) mass is 195 g/mol. The first kappa shape index (κ1) is 8.12. The Morgan fingerprint density at radius 1 is 1.46 bits per heavy atom. The summed E-state index contributed by atoms with van der Waals surface area (Å²) in [6, 6.07) is 1.58. The fraction of sp³-hybridized carbons (Fsp3) is 0. The van der Waals surface area contributed by atoms with Gasteiger partial charge >= 0.3 is 0 Å². The van der Waals surface area contributed by atoms with Gasteiger partial charge in [-0.2, -0.15) is 0 Å². The molecule has 0 bridgehead atoms. The molecular weight excluding hydrogens is 189 g/mol. The molecule has 66 valence electrons. The third-order valence-corrected chi connectivity index (χ3v) is 2.42. The van der Waals surface area contributed by atoms with Crippen LogP contribution >= 0.6 is 11.3 Å². The molecule has 0 saturated heterocycles. The Labute approximate surface area is 78.1 Å². The van der Waals surface area contributed by atoms with Crippen molar-refractivity contribution in [1.82, 2.24) is 9.97 Å². The first-order valence-corrected chi connectivity index (χ1v) is 4.46. The summed E-state index contributed by atoms with van der Waals surface area (Å²) in [5, 5.41) is 2.26. The number of halogens is 1. The molecule has 0 aliphatic carbocycles. The highest BCUT2D eigenvalue weighted by Crippen LogP contribution is 2.25. The second kappa shape index (κ2) is 3.10. The van der Waals surface area contributed by atoms with Crippen molar-refractivity contribution in [3.05, 3.63) is 29.7 Å². The maximum Gasteiger partial charge on any atom is 0.151 e. The topological polar surface area (TPSA) is 51.8 Å². The lowest BCUT2D eigenvalue weighted by Gasteiger charge is -1.95. The van der Waals surface area contributed by atoms with Crippen molar-refractivity contribution in [3.63, 3.8) is 0 Å². The number of nitrogens with zero attached hydrogens (tertiary/aromatic N) is 2. The van der Waals surface area contributed by atoms with Gasteiger partial charge in [-0.3, -0.25) is 4.98 Å². The number of thiazole rings is 1. The summed E-state index contributed by atoms with van der Waals surface area (Å²) in [5.74, 6) is 0.0352. The highest BCUT2D eigenvalue weighted by Gasteiger charge is 2.07. The summed E-state index contributed by atoms with van der Waals surface area (Å²) in [4.78, 5) is 7.62. The minimum atomic E-state index is -0.378. The number of nitrogens with two attached hydrogens (primary N) is 1. The Balaban J connectivity index is 2.52. The molecule has 2 rings (SSSR count). The molecule has 2 heterocycles. The van der Waals surface area contributed by atoms with Crippen molar-refractivity contribution in [1.29, 1.82) is 0 Å². The predicted molar refractivity (Wildman–Crippen MR) is 49.7 cm³/mol. The Bertz CT molecular complexity index is 427. The van der Waals surface area contributed by atoms with E-state index in [1.54, 1.807) is 11.4 Å². The van der Waals surface area contributed by atoms with Crippen LogP contribution in [0.15, 0.2) is 23.8 Å². The minimum Gasteiger partial charge on any atom is -0.383 e. The Morgan fingerprint density at radius 3 is 2.92 bits per heavy atom. The zero-order chi connectivity index (χ0) is 9.26. The van der Waals surface area contributed by atoms with Gasteiger partial charge in [-0.1, -0.05) is 0 Å². The highest BCUT2D eigenvalue weighted by molar-refractivity contribution is 7.13. The largest absolute Gasteiger partial charge is 0.383 e. The molecule has 0 radical (unpaired) electrons. The molecule has 0 unspecified atom stereocenters. The van der Waals surface area contributed by atoms with Gasteiger partial charge in [-0.15, -0.1) is 11.3 Å². The van der Waals surface area contributed by atoms with Gasteiger partial charge in [0.05, 0.1) is 6.20 Å². The van der Waals surface area contributed by atoms with Crippen LogP contribution in [0.5, 0.6) is 0 Å². The summed E-state index contributed by atoms with van der Waals surface area (Å²) in [7, 11) is 0. The van der Waals surface area contributed by atoms with Crippen LogP contribution < -0.4 is 5.73 Å². The summed E-state index contributed by atoms with van der Waals surface area (Å²) in [6.45, 7) is 0. The van der Waals surface area contributed by atoms with Crippen LogP contribution in [0.1, 0.15) is 0 Å². The van der Waals surface area contributed by atoms with E-state index in [1.165, 1.54) is 17.5 Å². The van der Waals surface area contributed by atoms with Crippen molar-refractivity contribution in [3.8, 4) is 10.6 Å². The van der Waals surface area contributed by atoms with E-state index >= 15 is 0 Å². The summed E-state index contributed by atoms with van der Waals surface area (Å²) in [6.07, 6.45) is 2.68. The fourth-order valence-electron chi connectivity index (χ4n) is 0.958. The van der Waals surface area contributed by atoms with Crippen molar-refractivity contribution in [2.45, 2.75) is 0 Å². The van der Waals surface area contributed by atoms with Gasteiger partial charge in [0.25, 0.3) is 0 Å². The lowest BCUT2D eigenvalue weighted by molar-refractivity contribution is 0.625. The minimum absolute atomic E-state index is 0.378. The lowest BCUT2D eigenvalue weighted by Crippen LogP contribution is -1.86. The molecule has 3 nitrogen and oxygen atoms in total. The molecule has 0 saturated carbocycles. The van der Waals surface area contributed by atoms with Crippen molar-refractivity contribution < 1.29 is 4.39 Å². The molecule has 0 spiro atoms. The van der Waals surface area contributed by atoms with Gasteiger partial charge < -0.3 is 5.73 Å². The third kappa shape index (κ3) is 1.50. The second-order valence-electron chi connectivity index (χ2n) is 2.43. The van der Waals surface area contributed by atoms with E-state index in [-0.39, 0.29) is 5.82 Å². The van der Waals surface area contributed by atoms with E-state index in [4.69, 9.17) is 5.73 Å². The average Bonchev–Trinajstić information content (AvgIpc) is 2.53. The van der Waals surface area contributed by atoms with E-state index < -0.39 is 0 Å². The first-order valence-electron chi connectivity index (χ1n) is 3.58. The van der Waals surface area contributed by atoms with E-state index in [1.807, 2.05) is 0 Å². The van der Waals surface area contributed by atoms with Crippen LogP contribution in [0, 0.1) is 5.82 Å². The molecule has 0 aliphatic heterocycles. The van der Waals surface area contributed by atoms with Gasteiger partial charge in [-0.05, 0) is 6.07 Å². The Hall–Kier alpha value is -1.49. The number of hydrogen-bond acceptors (Lipinski definition) is 4. The van der Waals surface area contributed by atoms with Crippen LogP contribution in [0.25, 0.3) is 10.6 Å². The number of anilines is 1. The SMILES string of the molecule is Nc1csc(-c2ccncc2F)n1. The van der Waals surface area contributed by atoms with Crippen LogP contribution in [0.2, 0.25) is 0 Å². The molecule has 0 fully saturated rings. The Kier molecular flexibility index (Phi) is 1.94. The molecule has 0 aliphatic rings. The van der Waals surface area contributed by atoms with Crippen molar-refractivity contribution >= 4 is 17.2 Å². The molecule has 0 amide bonds. The van der Waals surface area contributed by atoms with E-state index in [9.17, 15) is 4.39 Å². The fourth-order valence-corrected chi connectivity index (χ4v) is 1.69. The molecular formula is C8H6FN3S. The molecule has 2 aromatic rings. The van der Waals surface area contributed by atoms with Gasteiger partial charge in [0, 0.05) is 17.1 Å².